The van der Waals surface area contributed by atoms with Crippen molar-refractivity contribution in [2.24, 2.45) is 13.0 Å². The van der Waals surface area contributed by atoms with Gasteiger partial charge in [0.15, 0.2) is 0 Å². The second-order valence-corrected chi connectivity index (χ2v) is 5.32. The fourth-order valence-electron chi connectivity index (χ4n) is 2.50. The lowest BCUT2D eigenvalue weighted by atomic mass is 9.87. The number of aryl methyl sites for hydroxylation is 1. The number of rotatable bonds is 3. The van der Waals surface area contributed by atoms with Crippen LogP contribution in [0, 0.1) is 5.92 Å². The number of nitrogens with zero attached hydrogens (tertiary/aromatic N) is 2. The van der Waals surface area contributed by atoms with Gasteiger partial charge in [-0.3, -0.25) is 4.68 Å². The maximum absolute atomic E-state index is 6.07. The Labute approximate surface area is 102 Å². The highest BCUT2D eigenvalue weighted by molar-refractivity contribution is 6.31. The van der Waals surface area contributed by atoms with Crippen LogP contribution in [-0.4, -0.2) is 15.8 Å². The molecule has 1 saturated carbocycles. The van der Waals surface area contributed by atoms with Crippen LogP contribution in [0.3, 0.4) is 0 Å². The standard InChI is InChI=1S/C12H20ClN3/c1-9-4-3-5-10(6-9)14-8-12-11(13)7-15-16(12)2/h7,9-10,14H,3-6,8H2,1-2H3/t9-,10-/m0/s1. The Hall–Kier alpha value is -0.540. The summed E-state index contributed by atoms with van der Waals surface area (Å²) < 4.78 is 1.85. The molecule has 0 saturated heterocycles. The van der Waals surface area contributed by atoms with Crippen molar-refractivity contribution < 1.29 is 0 Å². The SMILES string of the molecule is C[C@H]1CCC[C@H](NCc2c(Cl)cnn2C)C1. The molecule has 1 N–H and O–H groups in total. The molecule has 1 aromatic heterocycles. The second-order valence-electron chi connectivity index (χ2n) is 4.91. The van der Waals surface area contributed by atoms with Gasteiger partial charge in [-0.15, -0.1) is 0 Å². The van der Waals surface area contributed by atoms with Gasteiger partial charge < -0.3 is 5.32 Å². The second kappa shape index (κ2) is 5.19. The van der Waals surface area contributed by atoms with Gasteiger partial charge >= 0.3 is 0 Å². The Balaban J connectivity index is 1.87. The lowest BCUT2D eigenvalue weighted by Crippen LogP contribution is -2.33. The van der Waals surface area contributed by atoms with E-state index in [0.717, 1.165) is 23.2 Å². The van der Waals surface area contributed by atoms with E-state index in [1.807, 2.05) is 11.7 Å². The van der Waals surface area contributed by atoms with Crippen molar-refractivity contribution in [3.05, 3.63) is 16.9 Å². The summed E-state index contributed by atoms with van der Waals surface area (Å²) in [6, 6.07) is 0.648. The van der Waals surface area contributed by atoms with Crippen molar-refractivity contribution in [3.63, 3.8) is 0 Å². The molecule has 0 spiro atoms. The van der Waals surface area contributed by atoms with Crippen LogP contribution in [0.1, 0.15) is 38.3 Å². The van der Waals surface area contributed by atoms with E-state index in [1.54, 1.807) is 6.20 Å². The number of hydrogen-bond acceptors (Lipinski definition) is 2. The molecule has 0 aliphatic heterocycles. The van der Waals surface area contributed by atoms with Gasteiger partial charge in [-0.2, -0.15) is 5.10 Å². The Morgan fingerprint density at radius 1 is 1.56 bits per heavy atom. The smallest absolute Gasteiger partial charge is 0.0831 e. The number of nitrogens with one attached hydrogen (secondary N) is 1. The summed E-state index contributed by atoms with van der Waals surface area (Å²) in [5, 5.41) is 8.49. The van der Waals surface area contributed by atoms with Gasteiger partial charge in [0, 0.05) is 19.6 Å². The highest BCUT2D eigenvalue weighted by Gasteiger charge is 2.18. The molecule has 16 heavy (non-hydrogen) atoms. The third-order valence-electron chi connectivity index (χ3n) is 3.51. The highest BCUT2D eigenvalue weighted by Crippen LogP contribution is 2.24. The minimum Gasteiger partial charge on any atom is -0.308 e. The van der Waals surface area contributed by atoms with Crippen LogP contribution in [0.15, 0.2) is 6.20 Å². The lowest BCUT2D eigenvalue weighted by molar-refractivity contribution is 0.299. The average molecular weight is 242 g/mol. The third kappa shape index (κ3) is 2.77. The van der Waals surface area contributed by atoms with Gasteiger partial charge in [0.05, 0.1) is 16.9 Å². The molecule has 1 aliphatic carbocycles. The molecule has 0 unspecified atom stereocenters. The van der Waals surface area contributed by atoms with E-state index in [0.29, 0.717) is 6.04 Å². The monoisotopic (exact) mass is 241 g/mol. The van der Waals surface area contributed by atoms with Gasteiger partial charge in [-0.1, -0.05) is 31.4 Å². The summed E-state index contributed by atoms with van der Waals surface area (Å²) in [5.74, 6) is 0.855. The number of aromatic nitrogens is 2. The third-order valence-corrected chi connectivity index (χ3v) is 3.82. The fraction of sp³-hybridized carbons (Fsp3) is 0.750. The molecule has 0 bridgehead atoms. The Bertz CT molecular complexity index is 329. The minimum atomic E-state index is 0.648. The van der Waals surface area contributed by atoms with Crippen LogP contribution < -0.4 is 5.32 Å². The first-order valence-corrected chi connectivity index (χ1v) is 6.44. The van der Waals surface area contributed by atoms with E-state index < -0.39 is 0 Å². The fourth-order valence-corrected chi connectivity index (χ4v) is 2.73. The summed E-state index contributed by atoms with van der Waals surface area (Å²) in [4.78, 5) is 0. The van der Waals surface area contributed by atoms with Gasteiger partial charge in [-0.05, 0) is 18.8 Å². The normalized spacial score (nSPS) is 25.9. The molecule has 2 atom stereocenters. The zero-order valence-electron chi connectivity index (χ0n) is 10.0. The topological polar surface area (TPSA) is 29.9 Å². The summed E-state index contributed by atoms with van der Waals surface area (Å²) in [6.07, 6.45) is 7.01. The maximum Gasteiger partial charge on any atom is 0.0831 e. The van der Waals surface area contributed by atoms with E-state index in [-0.39, 0.29) is 0 Å². The van der Waals surface area contributed by atoms with E-state index >= 15 is 0 Å². The van der Waals surface area contributed by atoms with Crippen LogP contribution in [-0.2, 0) is 13.6 Å². The molecule has 1 heterocycles. The molecule has 0 radical (unpaired) electrons. The first-order valence-electron chi connectivity index (χ1n) is 6.06. The summed E-state index contributed by atoms with van der Waals surface area (Å²) >= 11 is 6.07. The van der Waals surface area contributed by atoms with Gasteiger partial charge in [0.1, 0.15) is 0 Å². The van der Waals surface area contributed by atoms with Crippen LogP contribution in [0.5, 0.6) is 0 Å². The van der Waals surface area contributed by atoms with Gasteiger partial charge in [0.2, 0.25) is 0 Å². The van der Waals surface area contributed by atoms with E-state index in [9.17, 15) is 0 Å². The van der Waals surface area contributed by atoms with Crippen molar-refractivity contribution >= 4 is 11.6 Å². The minimum absolute atomic E-state index is 0.648. The molecule has 1 aliphatic rings. The molecule has 2 rings (SSSR count). The molecule has 1 fully saturated rings. The van der Waals surface area contributed by atoms with Crippen LogP contribution >= 0.6 is 11.6 Å². The number of halogens is 1. The largest absolute Gasteiger partial charge is 0.308 e. The maximum atomic E-state index is 6.07. The molecular formula is C12H20ClN3. The van der Waals surface area contributed by atoms with Crippen LogP contribution in [0.25, 0.3) is 0 Å². The Kier molecular flexibility index (Phi) is 3.87. The first kappa shape index (κ1) is 11.9. The summed E-state index contributed by atoms with van der Waals surface area (Å²) in [6.45, 7) is 3.16. The van der Waals surface area contributed by atoms with Crippen LogP contribution in [0.4, 0.5) is 0 Å². The highest BCUT2D eigenvalue weighted by atomic mass is 35.5. The average Bonchev–Trinajstić information content (AvgIpc) is 2.56. The Morgan fingerprint density at radius 2 is 2.38 bits per heavy atom. The zero-order chi connectivity index (χ0) is 11.5. The van der Waals surface area contributed by atoms with E-state index in [4.69, 9.17) is 11.6 Å². The van der Waals surface area contributed by atoms with Crippen molar-refractivity contribution in [1.29, 1.82) is 0 Å². The molecule has 0 aromatic carbocycles. The Morgan fingerprint density at radius 3 is 3.00 bits per heavy atom. The zero-order valence-corrected chi connectivity index (χ0v) is 10.8. The molecule has 1 aromatic rings. The molecule has 90 valence electrons. The summed E-state index contributed by atoms with van der Waals surface area (Å²) in [5.41, 5.74) is 1.08. The molecule has 3 nitrogen and oxygen atoms in total. The van der Waals surface area contributed by atoms with Crippen molar-refractivity contribution in [1.82, 2.24) is 15.1 Å². The van der Waals surface area contributed by atoms with E-state index in [1.165, 1.54) is 25.7 Å². The van der Waals surface area contributed by atoms with Gasteiger partial charge in [0.25, 0.3) is 0 Å². The quantitative estimate of drug-likeness (QED) is 0.882. The van der Waals surface area contributed by atoms with Crippen molar-refractivity contribution in [2.75, 3.05) is 0 Å². The summed E-state index contributed by atoms with van der Waals surface area (Å²) in [7, 11) is 1.94. The number of hydrogen-bond donors (Lipinski definition) is 1. The predicted octanol–water partition coefficient (Wildman–Crippen LogP) is 2.74. The van der Waals surface area contributed by atoms with E-state index in [2.05, 4.69) is 17.3 Å². The lowest BCUT2D eigenvalue weighted by Gasteiger charge is -2.27. The molecule has 4 heteroatoms. The van der Waals surface area contributed by atoms with Crippen molar-refractivity contribution in [2.45, 2.75) is 45.2 Å². The van der Waals surface area contributed by atoms with Gasteiger partial charge in [-0.25, -0.2) is 0 Å². The first-order chi connectivity index (χ1) is 7.66. The molecule has 0 amide bonds. The van der Waals surface area contributed by atoms with Crippen LogP contribution in [0.2, 0.25) is 5.02 Å². The predicted molar refractivity (Wildman–Crippen MR) is 66.5 cm³/mol. The van der Waals surface area contributed by atoms with Crippen molar-refractivity contribution in [3.8, 4) is 0 Å². The molecular weight excluding hydrogens is 222 g/mol.